The van der Waals surface area contributed by atoms with Crippen LogP contribution in [0.4, 0.5) is 11.4 Å². The lowest BCUT2D eigenvalue weighted by atomic mass is 10.2. The van der Waals surface area contributed by atoms with E-state index in [2.05, 4.69) is 10.2 Å². The van der Waals surface area contributed by atoms with Gasteiger partial charge in [-0.2, -0.15) is 5.26 Å². The van der Waals surface area contributed by atoms with Crippen LogP contribution in [0.25, 0.3) is 0 Å². The van der Waals surface area contributed by atoms with E-state index in [0.717, 1.165) is 13.1 Å². The second-order valence-corrected chi connectivity index (χ2v) is 4.74. The smallest absolute Gasteiger partial charge is 0.293 e. The van der Waals surface area contributed by atoms with Crippen molar-refractivity contribution in [1.82, 2.24) is 4.90 Å². The molecule has 0 amide bonds. The summed E-state index contributed by atoms with van der Waals surface area (Å²) in [7, 11) is 2.01. The number of hydrogen-bond donors (Lipinski definition) is 1. The number of benzene rings is 1. The molecule has 7 nitrogen and oxygen atoms in total. The van der Waals surface area contributed by atoms with E-state index in [1.165, 1.54) is 6.07 Å². The quantitative estimate of drug-likeness (QED) is 0.656. The summed E-state index contributed by atoms with van der Waals surface area (Å²) in [6, 6.07) is 6.29. The van der Waals surface area contributed by atoms with Gasteiger partial charge < -0.3 is 15.0 Å². The molecule has 1 N–H and O–H groups in total. The van der Waals surface area contributed by atoms with E-state index in [1.54, 1.807) is 12.1 Å². The van der Waals surface area contributed by atoms with Crippen LogP contribution in [-0.2, 0) is 4.74 Å². The Kier molecular flexibility index (Phi) is 4.50. The minimum absolute atomic E-state index is 0.00370. The summed E-state index contributed by atoms with van der Waals surface area (Å²) in [4.78, 5) is 12.7. The Balaban J connectivity index is 2.05. The zero-order valence-electron chi connectivity index (χ0n) is 11.2. The topological polar surface area (TPSA) is 91.4 Å². The number of nitro groups is 1. The normalized spacial score (nSPS) is 19.3. The maximum Gasteiger partial charge on any atom is 0.293 e. The molecule has 20 heavy (non-hydrogen) atoms. The van der Waals surface area contributed by atoms with Crippen molar-refractivity contribution in [2.45, 2.75) is 6.10 Å². The van der Waals surface area contributed by atoms with Crippen molar-refractivity contribution in [2.24, 2.45) is 0 Å². The van der Waals surface area contributed by atoms with Crippen LogP contribution < -0.4 is 5.32 Å². The number of nitriles is 1. The first-order valence-corrected chi connectivity index (χ1v) is 6.32. The van der Waals surface area contributed by atoms with Gasteiger partial charge in [-0.15, -0.1) is 0 Å². The Morgan fingerprint density at radius 1 is 1.65 bits per heavy atom. The average Bonchev–Trinajstić information content (AvgIpc) is 2.45. The highest BCUT2D eigenvalue weighted by atomic mass is 16.6. The molecule has 1 atom stereocenters. The van der Waals surface area contributed by atoms with Gasteiger partial charge >= 0.3 is 0 Å². The third-order valence-corrected chi connectivity index (χ3v) is 3.19. The molecule has 1 aromatic carbocycles. The summed E-state index contributed by atoms with van der Waals surface area (Å²) in [5.41, 5.74) is 0.593. The fraction of sp³-hybridized carbons (Fsp3) is 0.462. The van der Waals surface area contributed by atoms with Gasteiger partial charge in [-0.05, 0) is 19.2 Å². The number of nitrogens with one attached hydrogen (secondary N) is 1. The molecule has 1 aliphatic heterocycles. The molecule has 1 unspecified atom stereocenters. The lowest BCUT2D eigenvalue weighted by Gasteiger charge is -2.30. The van der Waals surface area contributed by atoms with Crippen molar-refractivity contribution in [3.05, 3.63) is 33.9 Å². The van der Waals surface area contributed by atoms with Gasteiger partial charge in [0, 0.05) is 25.7 Å². The van der Waals surface area contributed by atoms with Crippen LogP contribution in [0.1, 0.15) is 5.56 Å². The fourth-order valence-electron chi connectivity index (χ4n) is 2.12. The summed E-state index contributed by atoms with van der Waals surface area (Å²) in [5.74, 6) is 0. The summed E-state index contributed by atoms with van der Waals surface area (Å²) in [6.45, 7) is 2.85. The first-order chi connectivity index (χ1) is 9.60. The van der Waals surface area contributed by atoms with E-state index in [0.29, 0.717) is 18.8 Å². The SMILES string of the molecule is CN1CCOC(CNc2ccc(C#N)cc2[N+](=O)[O-])C1. The van der Waals surface area contributed by atoms with Crippen LogP contribution in [0.15, 0.2) is 18.2 Å². The van der Waals surface area contributed by atoms with Crippen LogP contribution in [0.3, 0.4) is 0 Å². The molecule has 0 aromatic heterocycles. The Bertz CT molecular complexity index is 541. The fourth-order valence-corrected chi connectivity index (χ4v) is 2.12. The van der Waals surface area contributed by atoms with Gasteiger partial charge in [-0.3, -0.25) is 10.1 Å². The molecule has 1 heterocycles. The number of likely N-dealkylation sites (N-methyl/N-ethyl adjacent to an activating group) is 1. The molecular weight excluding hydrogens is 260 g/mol. The van der Waals surface area contributed by atoms with Gasteiger partial charge in [0.15, 0.2) is 0 Å². The molecular formula is C13H16N4O3. The zero-order chi connectivity index (χ0) is 14.5. The van der Waals surface area contributed by atoms with E-state index >= 15 is 0 Å². The highest BCUT2D eigenvalue weighted by Crippen LogP contribution is 2.25. The maximum atomic E-state index is 11.0. The van der Waals surface area contributed by atoms with Crippen LogP contribution in [0, 0.1) is 21.4 Å². The summed E-state index contributed by atoms with van der Waals surface area (Å²) in [6.07, 6.45) is 0.00370. The molecule has 0 aliphatic carbocycles. The van der Waals surface area contributed by atoms with Crippen molar-refractivity contribution in [1.29, 1.82) is 5.26 Å². The van der Waals surface area contributed by atoms with E-state index < -0.39 is 4.92 Å². The van der Waals surface area contributed by atoms with Crippen molar-refractivity contribution >= 4 is 11.4 Å². The van der Waals surface area contributed by atoms with Gasteiger partial charge in [0.2, 0.25) is 0 Å². The van der Waals surface area contributed by atoms with Crippen molar-refractivity contribution < 1.29 is 9.66 Å². The number of ether oxygens (including phenoxy) is 1. The monoisotopic (exact) mass is 276 g/mol. The van der Waals surface area contributed by atoms with Gasteiger partial charge in [0.25, 0.3) is 5.69 Å². The standard InChI is InChI=1S/C13H16N4O3/c1-16-4-5-20-11(9-16)8-15-12-3-2-10(7-14)6-13(12)17(18)19/h2-3,6,11,15H,4-5,8-9H2,1H3. The first kappa shape index (κ1) is 14.2. The predicted octanol–water partition coefficient (Wildman–Crippen LogP) is 1.21. The summed E-state index contributed by atoms with van der Waals surface area (Å²) < 4.78 is 5.59. The minimum atomic E-state index is -0.489. The lowest BCUT2D eigenvalue weighted by Crippen LogP contribution is -2.43. The lowest BCUT2D eigenvalue weighted by molar-refractivity contribution is -0.384. The number of rotatable bonds is 4. The van der Waals surface area contributed by atoms with E-state index in [4.69, 9.17) is 10.00 Å². The molecule has 0 saturated carbocycles. The summed E-state index contributed by atoms with van der Waals surface area (Å²) >= 11 is 0. The van der Waals surface area contributed by atoms with E-state index in [-0.39, 0.29) is 17.4 Å². The van der Waals surface area contributed by atoms with Gasteiger partial charge in [0.05, 0.1) is 29.3 Å². The molecule has 2 rings (SSSR count). The highest BCUT2D eigenvalue weighted by molar-refractivity contribution is 5.64. The third-order valence-electron chi connectivity index (χ3n) is 3.19. The average molecular weight is 276 g/mol. The van der Waals surface area contributed by atoms with Gasteiger partial charge in [-0.25, -0.2) is 0 Å². The largest absolute Gasteiger partial charge is 0.377 e. The molecule has 0 bridgehead atoms. The minimum Gasteiger partial charge on any atom is -0.377 e. The van der Waals surface area contributed by atoms with Crippen molar-refractivity contribution in [3.63, 3.8) is 0 Å². The molecule has 1 fully saturated rings. The van der Waals surface area contributed by atoms with Crippen molar-refractivity contribution in [2.75, 3.05) is 38.6 Å². The van der Waals surface area contributed by atoms with Crippen LogP contribution in [0.2, 0.25) is 0 Å². The molecule has 106 valence electrons. The number of nitrogens with zero attached hydrogens (tertiary/aromatic N) is 3. The van der Waals surface area contributed by atoms with Crippen LogP contribution >= 0.6 is 0 Å². The second-order valence-electron chi connectivity index (χ2n) is 4.74. The van der Waals surface area contributed by atoms with E-state index in [1.807, 2.05) is 13.1 Å². The first-order valence-electron chi connectivity index (χ1n) is 6.32. The van der Waals surface area contributed by atoms with Gasteiger partial charge in [0.1, 0.15) is 5.69 Å². The van der Waals surface area contributed by atoms with Crippen molar-refractivity contribution in [3.8, 4) is 6.07 Å². The van der Waals surface area contributed by atoms with Crippen LogP contribution in [-0.4, -0.2) is 49.2 Å². The number of nitro benzene ring substituents is 1. The maximum absolute atomic E-state index is 11.0. The Morgan fingerprint density at radius 2 is 2.45 bits per heavy atom. The van der Waals surface area contributed by atoms with Crippen LogP contribution in [0.5, 0.6) is 0 Å². The van der Waals surface area contributed by atoms with Gasteiger partial charge in [-0.1, -0.05) is 0 Å². The molecule has 0 spiro atoms. The highest BCUT2D eigenvalue weighted by Gasteiger charge is 2.20. The molecule has 1 saturated heterocycles. The van der Waals surface area contributed by atoms with E-state index in [9.17, 15) is 10.1 Å². The predicted molar refractivity (Wildman–Crippen MR) is 73.5 cm³/mol. The Labute approximate surface area is 116 Å². The molecule has 7 heteroatoms. The Hall–Kier alpha value is -2.17. The number of anilines is 1. The third kappa shape index (κ3) is 3.44. The second kappa shape index (κ2) is 6.32. The summed E-state index contributed by atoms with van der Waals surface area (Å²) in [5, 5.41) is 22.8. The molecule has 1 aliphatic rings. The zero-order valence-corrected chi connectivity index (χ0v) is 11.2. The number of hydrogen-bond acceptors (Lipinski definition) is 6. The Morgan fingerprint density at radius 3 is 3.10 bits per heavy atom. The molecule has 1 aromatic rings. The number of morpholine rings is 1. The molecule has 0 radical (unpaired) electrons.